The van der Waals surface area contributed by atoms with E-state index in [0.29, 0.717) is 0 Å². The molecule has 0 aliphatic heterocycles. The van der Waals surface area contributed by atoms with Gasteiger partial charge in [-0.1, -0.05) is 38.1 Å². The lowest BCUT2D eigenvalue weighted by molar-refractivity contribution is 0.406. The maximum atomic E-state index is 13.6. The second-order valence-corrected chi connectivity index (χ2v) is 6.72. The molecular weight excluding hydrogens is 261 g/mol. The number of halogens is 1. The molecule has 0 amide bonds. The van der Waals surface area contributed by atoms with Gasteiger partial charge in [-0.3, -0.25) is 0 Å². The van der Waals surface area contributed by atoms with Crippen LogP contribution in [0.4, 0.5) is 10.1 Å². The molecule has 110 valence electrons. The fourth-order valence-corrected chi connectivity index (χ4v) is 3.38. The van der Waals surface area contributed by atoms with Crippen LogP contribution < -0.4 is 5.32 Å². The molecule has 2 aromatic rings. The Balaban J connectivity index is 1.93. The molecule has 1 atom stereocenters. The molecule has 2 heteroatoms. The number of anilines is 1. The largest absolute Gasteiger partial charge is 0.378 e. The van der Waals surface area contributed by atoms with E-state index in [1.54, 1.807) is 12.1 Å². The monoisotopic (exact) mass is 283 g/mol. The molecule has 0 heterocycles. The summed E-state index contributed by atoms with van der Waals surface area (Å²) in [6.07, 6.45) is 2.20. The van der Waals surface area contributed by atoms with Crippen LogP contribution in [0.25, 0.3) is 0 Å². The Morgan fingerprint density at radius 2 is 1.90 bits per heavy atom. The predicted molar refractivity (Wildman–Crippen MR) is 86.2 cm³/mol. The summed E-state index contributed by atoms with van der Waals surface area (Å²) in [5.74, 6) is -0.179. The zero-order valence-corrected chi connectivity index (χ0v) is 12.9. The van der Waals surface area contributed by atoms with Crippen molar-refractivity contribution < 1.29 is 4.39 Å². The van der Waals surface area contributed by atoms with Crippen LogP contribution in [0, 0.1) is 12.7 Å². The summed E-state index contributed by atoms with van der Waals surface area (Å²) in [6.45, 7) is 6.52. The van der Waals surface area contributed by atoms with Crippen LogP contribution in [0.2, 0.25) is 0 Å². The van der Waals surface area contributed by atoms with Crippen molar-refractivity contribution in [1.29, 1.82) is 0 Å². The summed E-state index contributed by atoms with van der Waals surface area (Å²) in [5, 5.41) is 3.52. The first kappa shape index (κ1) is 14.1. The van der Waals surface area contributed by atoms with Gasteiger partial charge in [0.05, 0.1) is 6.04 Å². The second kappa shape index (κ2) is 5.18. The molecule has 0 radical (unpaired) electrons. The lowest BCUT2D eigenvalue weighted by Gasteiger charge is -2.37. The molecule has 0 saturated carbocycles. The molecule has 0 aromatic heterocycles. The molecule has 21 heavy (non-hydrogen) atoms. The van der Waals surface area contributed by atoms with Gasteiger partial charge < -0.3 is 5.32 Å². The Morgan fingerprint density at radius 3 is 2.67 bits per heavy atom. The van der Waals surface area contributed by atoms with Crippen molar-refractivity contribution in [2.45, 2.75) is 45.1 Å². The minimum absolute atomic E-state index is 0.179. The van der Waals surface area contributed by atoms with E-state index in [1.165, 1.54) is 11.1 Å². The highest BCUT2D eigenvalue weighted by Gasteiger charge is 2.32. The van der Waals surface area contributed by atoms with Gasteiger partial charge in [-0.25, -0.2) is 4.39 Å². The predicted octanol–water partition coefficient (Wildman–Crippen LogP) is 5.36. The first-order chi connectivity index (χ1) is 9.95. The molecule has 0 spiro atoms. The summed E-state index contributed by atoms with van der Waals surface area (Å²) in [4.78, 5) is 0. The summed E-state index contributed by atoms with van der Waals surface area (Å²) < 4.78 is 13.6. The van der Waals surface area contributed by atoms with Crippen molar-refractivity contribution in [3.05, 3.63) is 65.0 Å². The van der Waals surface area contributed by atoms with Crippen LogP contribution in [0.5, 0.6) is 0 Å². The summed E-state index contributed by atoms with van der Waals surface area (Å²) in [5.41, 5.74) is 4.78. The molecule has 1 nitrogen and oxygen atoms in total. The molecule has 1 aliphatic rings. The minimum atomic E-state index is -0.179. The van der Waals surface area contributed by atoms with Crippen molar-refractivity contribution in [2.24, 2.45) is 0 Å². The number of aryl methyl sites for hydroxylation is 1. The number of nitrogens with one attached hydrogen (secondary N) is 1. The normalized spacial score (nSPS) is 19.9. The number of fused-ring (bicyclic) bond motifs is 1. The fraction of sp³-hybridized carbons (Fsp3) is 0.368. The van der Waals surface area contributed by atoms with Crippen LogP contribution >= 0.6 is 0 Å². The standard InChI is InChI=1S/C19H22FN/c1-13-10-14(20)12-15(11-13)21-18-8-9-19(2,3)17-7-5-4-6-16(17)18/h4-7,10-12,18,21H,8-9H2,1-3H3. The number of hydrogen-bond donors (Lipinski definition) is 1. The first-order valence-corrected chi connectivity index (χ1v) is 7.59. The van der Waals surface area contributed by atoms with Gasteiger partial charge in [0, 0.05) is 5.69 Å². The van der Waals surface area contributed by atoms with Crippen LogP contribution in [-0.4, -0.2) is 0 Å². The smallest absolute Gasteiger partial charge is 0.125 e. The molecule has 0 fully saturated rings. The molecule has 3 rings (SSSR count). The average molecular weight is 283 g/mol. The highest BCUT2D eigenvalue weighted by Crippen LogP contribution is 2.42. The highest BCUT2D eigenvalue weighted by atomic mass is 19.1. The Bertz CT molecular complexity index is 640. The fourth-order valence-electron chi connectivity index (χ4n) is 3.38. The molecule has 1 N–H and O–H groups in total. The van der Waals surface area contributed by atoms with Gasteiger partial charge in [-0.15, -0.1) is 0 Å². The molecule has 0 bridgehead atoms. The van der Waals surface area contributed by atoms with Gasteiger partial charge in [0.1, 0.15) is 5.82 Å². The van der Waals surface area contributed by atoms with Crippen LogP contribution in [0.3, 0.4) is 0 Å². The molecule has 1 aliphatic carbocycles. The Kier molecular flexibility index (Phi) is 3.48. The van der Waals surface area contributed by atoms with E-state index in [0.717, 1.165) is 24.1 Å². The zero-order chi connectivity index (χ0) is 15.0. The maximum absolute atomic E-state index is 13.6. The maximum Gasteiger partial charge on any atom is 0.125 e. The van der Waals surface area contributed by atoms with E-state index < -0.39 is 0 Å². The lowest BCUT2D eigenvalue weighted by atomic mass is 9.71. The van der Waals surface area contributed by atoms with Crippen molar-refractivity contribution in [3.63, 3.8) is 0 Å². The number of rotatable bonds is 2. The van der Waals surface area contributed by atoms with Gasteiger partial charge in [0.2, 0.25) is 0 Å². The quantitative estimate of drug-likeness (QED) is 0.782. The number of hydrogen-bond acceptors (Lipinski definition) is 1. The van der Waals surface area contributed by atoms with Gasteiger partial charge in [0.25, 0.3) is 0 Å². The van der Waals surface area contributed by atoms with E-state index in [2.05, 4.69) is 43.4 Å². The Labute approximate surface area is 126 Å². The second-order valence-electron chi connectivity index (χ2n) is 6.72. The third-order valence-corrected chi connectivity index (χ3v) is 4.51. The molecular formula is C19H22FN. The average Bonchev–Trinajstić information content (AvgIpc) is 2.41. The topological polar surface area (TPSA) is 12.0 Å². The first-order valence-electron chi connectivity index (χ1n) is 7.59. The third kappa shape index (κ3) is 2.80. The summed E-state index contributed by atoms with van der Waals surface area (Å²) >= 11 is 0. The van der Waals surface area contributed by atoms with E-state index in [4.69, 9.17) is 0 Å². The molecule has 1 unspecified atom stereocenters. The summed E-state index contributed by atoms with van der Waals surface area (Å²) in [7, 11) is 0. The van der Waals surface area contributed by atoms with Crippen molar-refractivity contribution in [1.82, 2.24) is 0 Å². The number of benzene rings is 2. The van der Waals surface area contributed by atoms with Gasteiger partial charge >= 0.3 is 0 Å². The van der Waals surface area contributed by atoms with Gasteiger partial charge in [-0.2, -0.15) is 0 Å². The third-order valence-electron chi connectivity index (χ3n) is 4.51. The van der Waals surface area contributed by atoms with E-state index >= 15 is 0 Å². The van der Waals surface area contributed by atoms with Crippen molar-refractivity contribution in [3.8, 4) is 0 Å². The molecule has 2 aromatic carbocycles. The van der Waals surface area contributed by atoms with E-state index in [9.17, 15) is 4.39 Å². The van der Waals surface area contributed by atoms with Crippen LogP contribution in [0.15, 0.2) is 42.5 Å². The lowest BCUT2D eigenvalue weighted by Crippen LogP contribution is -2.29. The van der Waals surface area contributed by atoms with Crippen LogP contribution in [0.1, 0.15) is 49.4 Å². The Morgan fingerprint density at radius 1 is 1.14 bits per heavy atom. The van der Waals surface area contributed by atoms with Gasteiger partial charge in [-0.05, 0) is 60.1 Å². The van der Waals surface area contributed by atoms with E-state index in [-0.39, 0.29) is 17.3 Å². The van der Waals surface area contributed by atoms with Crippen molar-refractivity contribution >= 4 is 5.69 Å². The zero-order valence-electron chi connectivity index (χ0n) is 12.9. The van der Waals surface area contributed by atoms with Crippen molar-refractivity contribution in [2.75, 3.05) is 5.32 Å². The molecule has 0 saturated heterocycles. The Hall–Kier alpha value is -1.83. The van der Waals surface area contributed by atoms with E-state index in [1.807, 2.05) is 13.0 Å². The van der Waals surface area contributed by atoms with Crippen LogP contribution in [-0.2, 0) is 5.41 Å². The summed E-state index contributed by atoms with van der Waals surface area (Å²) in [6, 6.07) is 14.0. The SMILES string of the molecule is Cc1cc(F)cc(NC2CCC(C)(C)c3ccccc32)c1. The highest BCUT2D eigenvalue weighted by molar-refractivity contribution is 5.50. The van der Waals surface area contributed by atoms with Gasteiger partial charge in [0.15, 0.2) is 0 Å². The minimum Gasteiger partial charge on any atom is -0.378 e.